The number of amides is 2. The van der Waals surface area contributed by atoms with Crippen molar-refractivity contribution in [1.82, 2.24) is 19.9 Å². The topological polar surface area (TPSA) is 79.5 Å². The summed E-state index contributed by atoms with van der Waals surface area (Å²) >= 11 is 12.0. The number of aromatic nitrogens is 2. The molecule has 166 valence electrons. The van der Waals surface area contributed by atoms with Crippen molar-refractivity contribution in [2.75, 3.05) is 26.2 Å². The largest absolute Gasteiger partial charge is 0.339 e. The van der Waals surface area contributed by atoms with Gasteiger partial charge in [0, 0.05) is 60.2 Å². The van der Waals surface area contributed by atoms with Gasteiger partial charge >= 0.3 is 0 Å². The first-order chi connectivity index (χ1) is 15.4. The van der Waals surface area contributed by atoms with Crippen LogP contribution in [0.25, 0.3) is 11.4 Å². The average molecular weight is 477 g/mol. The van der Waals surface area contributed by atoms with Gasteiger partial charge in [-0.25, -0.2) is 4.39 Å². The quantitative estimate of drug-likeness (QED) is 0.553. The second-order valence-corrected chi connectivity index (χ2v) is 8.22. The maximum absolute atomic E-state index is 13.0. The molecule has 1 aromatic heterocycles. The Labute approximate surface area is 193 Å². The molecule has 1 aliphatic heterocycles. The SMILES string of the molecule is O=C(CCc1nc(-c2ccc(F)cc2)no1)N1CCN(C(=O)c2cc(Cl)cc(Cl)c2)CC1. The van der Waals surface area contributed by atoms with Crippen LogP contribution < -0.4 is 0 Å². The van der Waals surface area contributed by atoms with E-state index in [1.165, 1.54) is 12.1 Å². The van der Waals surface area contributed by atoms with Gasteiger partial charge in [-0.1, -0.05) is 28.4 Å². The minimum atomic E-state index is -0.346. The molecule has 1 fully saturated rings. The van der Waals surface area contributed by atoms with Gasteiger partial charge in [0.05, 0.1) is 0 Å². The van der Waals surface area contributed by atoms with Crippen LogP contribution in [-0.2, 0) is 11.2 Å². The van der Waals surface area contributed by atoms with E-state index >= 15 is 0 Å². The van der Waals surface area contributed by atoms with E-state index in [1.807, 2.05) is 0 Å². The summed E-state index contributed by atoms with van der Waals surface area (Å²) in [5.74, 6) is 0.122. The van der Waals surface area contributed by atoms with E-state index in [9.17, 15) is 14.0 Å². The average Bonchev–Trinajstić information content (AvgIpc) is 3.26. The molecule has 0 spiro atoms. The van der Waals surface area contributed by atoms with Crippen molar-refractivity contribution in [3.05, 3.63) is 69.8 Å². The molecule has 0 aliphatic carbocycles. The number of halogens is 3. The standard InChI is InChI=1S/C22H19Cl2FN4O3/c23-16-11-15(12-17(24)13-16)22(31)29-9-7-28(8-10-29)20(30)6-5-19-26-21(27-32-19)14-1-3-18(25)4-2-14/h1-4,11-13H,5-10H2. The molecular weight excluding hydrogens is 458 g/mol. The van der Waals surface area contributed by atoms with Crippen molar-refractivity contribution in [1.29, 1.82) is 0 Å². The number of rotatable bonds is 5. The van der Waals surface area contributed by atoms with Crippen molar-refractivity contribution >= 4 is 35.0 Å². The fourth-order valence-corrected chi connectivity index (χ4v) is 3.99. The third-order valence-electron chi connectivity index (χ3n) is 5.15. The van der Waals surface area contributed by atoms with Crippen molar-refractivity contribution in [3.63, 3.8) is 0 Å². The van der Waals surface area contributed by atoms with E-state index < -0.39 is 0 Å². The molecule has 7 nitrogen and oxygen atoms in total. The maximum Gasteiger partial charge on any atom is 0.254 e. The highest BCUT2D eigenvalue weighted by atomic mass is 35.5. The molecule has 0 N–H and O–H groups in total. The minimum absolute atomic E-state index is 0.0515. The third kappa shape index (κ3) is 5.26. The molecule has 2 heterocycles. The fourth-order valence-electron chi connectivity index (χ4n) is 3.46. The van der Waals surface area contributed by atoms with Crippen LogP contribution in [0, 0.1) is 5.82 Å². The number of carbonyl (C=O) groups is 2. The molecule has 2 aromatic carbocycles. The van der Waals surface area contributed by atoms with Crippen molar-refractivity contribution in [3.8, 4) is 11.4 Å². The van der Waals surface area contributed by atoms with E-state index in [2.05, 4.69) is 10.1 Å². The molecule has 4 rings (SSSR count). The summed E-state index contributed by atoms with van der Waals surface area (Å²) in [5, 5.41) is 4.68. The Balaban J connectivity index is 1.28. The smallest absolute Gasteiger partial charge is 0.254 e. The number of hydrogen-bond acceptors (Lipinski definition) is 5. The predicted molar refractivity (Wildman–Crippen MR) is 117 cm³/mol. The third-order valence-corrected chi connectivity index (χ3v) is 5.59. The zero-order valence-electron chi connectivity index (χ0n) is 16.9. The van der Waals surface area contributed by atoms with Gasteiger partial charge in [0.2, 0.25) is 17.6 Å². The second-order valence-electron chi connectivity index (χ2n) is 7.35. The van der Waals surface area contributed by atoms with Gasteiger partial charge < -0.3 is 14.3 Å². The Kier molecular flexibility index (Phi) is 6.72. The first-order valence-corrected chi connectivity index (χ1v) is 10.8. The molecule has 3 aromatic rings. The minimum Gasteiger partial charge on any atom is -0.339 e. The van der Waals surface area contributed by atoms with Crippen LogP contribution in [0.4, 0.5) is 4.39 Å². The van der Waals surface area contributed by atoms with Crippen molar-refractivity contribution in [2.45, 2.75) is 12.8 Å². The van der Waals surface area contributed by atoms with Gasteiger partial charge in [-0.2, -0.15) is 4.98 Å². The normalized spacial score (nSPS) is 14.0. The Morgan fingerprint density at radius 2 is 1.59 bits per heavy atom. The number of aryl methyl sites for hydroxylation is 1. The van der Waals surface area contributed by atoms with Crippen LogP contribution in [0.5, 0.6) is 0 Å². The second kappa shape index (κ2) is 9.67. The van der Waals surface area contributed by atoms with Crippen LogP contribution in [0.15, 0.2) is 47.0 Å². The zero-order chi connectivity index (χ0) is 22.7. The van der Waals surface area contributed by atoms with Gasteiger partial charge in [0.1, 0.15) is 5.82 Å². The number of piperazine rings is 1. The van der Waals surface area contributed by atoms with Crippen LogP contribution in [0.1, 0.15) is 22.7 Å². The molecule has 1 aliphatic rings. The summed E-state index contributed by atoms with van der Waals surface area (Å²) in [7, 11) is 0. The number of hydrogen-bond donors (Lipinski definition) is 0. The Hall–Kier alpha value is -2.97. The monoisotopic (exact) mass is 476 g/mol. The number of benzene rings is 2. The van der Waals surface area contributed by atoms with Gasteiger partial charge in [0.15, 0.2) is 0 Å². The van der Waals surface area contributed by atoms with Crippen LogP contribution in [-0.4, -0.2) is 57.9 Å². The van der Waals surface area contributed by atoms with Gasteiger partial charge in [-0.15, -0.1) is 0 Å². The van der Waals surface area contributed by atoms with Gasteiger partial charge in [-0.05, 0) is 42.5 Å². The zero-order valence-corrected chi connectivity index (χ0v) is 18.4. The Bertz CT molecular complexity index is 1110. The molecule has 0 atom stereocenters. The van der Waals surface area contributed by atoms with Crippen LogP contribution in [0.2, 0.25) is 10.0 Å². The first kappa shape index (κ1) is 22.2. The molecule has 32 heavy (non-hydrogen) atoms. The lowest BCUT2D eigenvalue weighted by atomic mass is 10.1. The van der Waals surface area contributed by atoms with E-state index in [1.54, 1.807) is 40.1 Å². The first-order valence-electron chi connectivity index (χ1n) is 10.0. The van der Waals surface area contributed by atoms with E-state index in [-0.39, 0.29) is 24.1 Å². The summed E-state index contributed by atoms with van der Waals surface area (Å²) in [5.41, 5.74) is 1.06. The number of carbonyl (C=O) groups excluding carboxylic acids is 2. The van der Waals surface area contributed by atoms with Crippen LogP contribution in [0.3, 0.4) is 0 Å². The fraction of sp³-hybridized carbons (Fsp3) is 0.273. The Morgan fingerprint density at radius 1 is 0.969 bits per heavy atom. The summed E-state index contributed by atoms with van der Waals surface area (Å²) < 4.78 is 18.2. The highest BCUT2D eigenvalue weighted by molar-refractivity contribution is 6.35. The van der Waals surface area contributed by atoms with E-state index in [4.69, 9.17) is 27.7 Å². The predicted octanol–water partition coefficient (Wildman–Crippen LogP) is 4.10. The molecule has 0 radical (unpaired) electrons. The van der Waals surface area contributed by atoms with Crippen molar-refractivity contribution < 1.29 is 18.5 Å². The molecule has 0 unspecified atom stereocenters. The summed E-state index contributed by atoms with van der Waals surface area (Å²) in [6, 6.07) is 10.5. The number of nitrogens with zero attached hydrogens (tertiary/aromatic N) is 4. The molecular formula is C22H19Cl2FN4O3. The highest BCUT2D eigenvalue weighted by Gasteiger charge is 2.25. The molecule has 10 heteroatoms. The van der Waals surface area contributed by atoms with Gasteiger partial charge in [0.25, 0.3) is 5.91 Å². The Morgan fingerprint density at radius 3 is 2.25 bits per heavy atom. The lowest BCUT2D eigenvalue weighted by molar-refractivity contribution is -0.132. The summed E-state index contributed by atoms with van der Waals surface area (Å²) in [6.07, 6.45) is 0.510. The molecule has 0 bridgehead atoms. The maximum atomic E-state index is 13.0. The summed E-state index contributed by atoms with van der Waals surface area (Å²) in [4.78, 5) is 32.9. The summed E-state index contributed by atoms with van der Waals surface area (Å²) in [6.45, 7) is 1.71. The van der Waals surface area contributed by atoms with E-state index in [0.29, 0.717) is 65.5 Å². The lowest BCUT2D eigenvalue weighted by Gasteiger charge is -2.35. The van der Waals surface area contributed by atoms with Crippen LogP contribution >= 0.6 is 23.2 Å². The molecule has 1 saturated heterocycles. The van der Waals surface area contributed by atoms with Gasteiger partial charge in [-0.3, -0.25) is 9.59 Å². The molecule has 2 amide bonds. The lowest BCUT2D eigenvalue weighted by Crippen LogP contribution is -2.50. The van der Waals surface area contributed by atoms with E-state index in [0.717, 1.165) is 0 Å². The molecule has 0 saturated carbocycles. The van der Waals surface area contributed by atoms with Crippen molar-refractivity contribution in [2.24, 2.45) is 0 Å². The highest BCUT2D eigenvalue weighted by Crippen LogP contribution is 2.21.